The summed E-state index contributed by atoms with van der Waals surface area (Å²) >= 11 is 0. The van der Waals surface area contributed by atoms with Crippen molar-refractivity contribution in [2.45, 2.75) is 45.4 Å². The minimum absolute atomic E-state index is 1.16. The molecule has 1 nitrogen and oxygen atoms in total. The van der Waals surface area contributed by atoms with Gasteiger partial charge < -0.3 is 5.32 Å². The molecule has 0 aromatic carbocycles. The van der Waals surface area contributed by atoms with Gasteiger partial charge in [0.25, 0.3) is 0 Å². The van der Waals surface area contributed by atoms with Crippen molar-refractivity contribution < 1.29 is 0 Å². The minimum atomic E-state index is 1.16. The Morgan fingerprint density at radius 3 is 2.33 bits per heavy atom. The van der Waals surface area contributed by atoms with E-state index in [0.29, 0.717) is 0 Å². The Hall–Kier alpha value is -0.300. The molecule has 1 heteroatoms. The molecule has 0 spiro atoms. The summed E-state index contributed by atoms with van der Waals surface area (Å²) in [5.41, 5.74) is 0. The van der Waals surface area contributed by atoms with Crippen molar-refractivity contribution in [1.29, 1.82) is 0 Å². The summed E-state index contributed by atoms with van der Waals surface area (Å²) in [4.78, 5) is 0. The fourth-order valence-corrected chi connectivity index (χ4v) is 1.16. The van der Waals surface area contributed by atoms with Crippen molar-refractivity contribution in [3.8, 4) is 0 Å². The van der Waals surface area contributed by atoms with Crippen LogP contribution in [0.5, 0.6) is 0 Å². The van der Waals surface area contributed by atoms with E-state index >= 15 is 0 Å². The first-order valence-electron chi connectivity index (χ1n) is 5.23. The maximum absolute atomic E-state index is 3.70. The van der Waals surface area contributed by atoms with E-state index in [1.165, 1.54) is 45.2 Å². The van der Waals surface area contributed by atoms with Crippen LogP contribution in [0.1, 0.15) is 45.4 Å². The average molecular weight is 169 g/mol. The third-order valence-corrected chi connectivity index (χ3v) is 1.97. The van der Waals surface area contributed by atoms with E-state index in [2.05, 4.69) is 18.8 Å². The molecule has 0 saturated heterocycles. The van der Waals surface area contributed by atoms with Gasteiger partial charge in [-0.2, -0.15) is 0 Å². The Kier molecular flexibility index (Phi) is 10.4. The van der Waals surface area contributed by atoms with E-state index in [1.54, 1.807) is 0 Å². The summed E-state index contributed by atoms with van der Waals surface area (Å²) in [5.74, 6) is 0. The van der Waals surface area contributed by atoms with Crippen LogP contribution < -0.4 is 5.32 Å². The van der Waals surface area contributed by atoms with Gasteiger partial charge in [0.15, 0.2) is 0 Å². The Balaban J connectivity index is 2.77. The van der Waals surface area contributed by atoms with Crippen molar-refractivity contribution in [3.05, 3.63) is 12.7 Å². The molecule has 0 saturated carbocycles. The standard InChI is InChI=1S/C11H23N/c1-3-5-7-9-11-12-10-8-6-4-2/h3,12H,1,4-11H2,2H3. The average Bonchev–Trinajstić information content (AvgIpc) is 2.10. The number of unbranched alkanes of at least 4 members (excludes halogenated alkanes) is 4. The van der Waals surface area contributed by atoms with Gasteiger partial charge in [-0.25, -0.2) is 0 Å². The normalized spacial score (nSPS) is 10.1. The van der Waals surface area contributed by atoms with Crippen molar-refractivity contribution in [2.75, 3.05) is 13.1 Å². The molecule has 0 aliphatic carbocycles. The Morgan fingerprint density at radius 1 is 1.08 bits per heavy atom. The molecule has 0 radical (unpaired) electrons. The highest BCUT2D eigenvalue weighted by Crippen LogP contribution is 1.94. The number of nitrogens with one attached hydrogen (secondary N) is 1. The van der Waals surface area contributed by atoms with Crippen LogP contribution >= 0.6 is 0 Å². The van der Waals surface area contributed by atoms with Crippen molar-refractivity contribution in [2.24, 2.45) is 0 Å². The predicted octanol–water partition coefficient (Wildman–Crippen LogP) is 3.12. The lowest BCUT2D eigenvalue weighted by Gasteiger charge is -2.02. The van der Waals surface area contributed by atoms with Gasteiger partial charge in [0, 0.05) is 0 Å². The Bertz CT molecular complexity index is 89.0. The lowest BCUT2D eigenvalue weighted by atomic mass is 10.2. The number of hydrogen-bond acceptors (Lipinski definition) is 1. The molecule has 0 aliphatic heterocycles. The molecule has 0 aromatic heterocycles. The maximum Gasteiger partial charge on any atom is -0.00488 e. The highest BCUT2D eigenvalue weighted by Gasteiger charge is 1.87. The first kappa shape index (κ1) is 11.7. The molecular weight excluding hydrogens is 146 g/mol. The third-order valence-electron chi connectivity index (χ3n) is 1.97. The second-order valence-electron chi connectivity index (χ2n) is 3.24. The van der Waals surface area contributed by atoms with Crippen LogP contribution in [0.4, 0.5) is 0 Å². The summed E-state index contributed by atoms with van der Waals surface area (Å²) in [5, 5.41) is 3.44. The van der Waals surface area contributed by atoms with Crippen LogP contribution in [0.15, 0.2) is 12.7 Å². The molecule has 1 N–H and O–H groups in total. The molecule has 0 aliphatic rings. The van der Waals surface area contributed by atoms with Crippen molar-refractivity contribution >= 4 is 0 Å². The van der Waals surface area contributed by atoms with Gasteiger partial charge in [-0.1, -0.05) is 25.8 Å². The van der Waals surface area contributed by atoms with Crippen LogP contribution in [0.25, 0.3) is 0 Å². The summed E-state index contributed by atoms with van der Waals surface area (Å²) in [6.45, 7) is 8.31. The van der Waals surface area contributed by atoms with E-state index in [1.807, 2.05) is 6.08 Å². The summed E-state index contributed by atoms with van der Waals surface area (Å²) < 4.78 is 0. The van der Waals surface area contributed by atoms with Gasteiger partial charge in [0.2, 0.25) is 0 Å². The summed E-state index contributed by atoms with van der Waals surface area (Å²) in [7, 11) is 0. The fourth-order valence-electron chi connectivity index (χ4n) is 1.16. The molecule has 0 bridgehead atoms. The molecule has 0 unspecified atom stereocenters. The van der Waals surface area contributed by atoms with E-state index in [9.17, 15) is 0 Å². The van der Waals surface area contributed by atoms with Gasteiger partial charge in [0.05, 0.1) is 0 Å². The number of allylic oxidation sites excluding steroid dienone is 1. The van der Waals surface area contributed by atoms with Gasteiger partial charge >= 0.3 is 0 Å². The van der Waals surface area contributed by atoms with Gasteiger partial charge in [-0.05, 0) is 38.8 Å². The number of rotatable bonds is 9. The smallest absolute Gasteiger partial charge is 0.00488 e. The van der Waals surface area contributed by atoms with Gasteiger partial charge in [-0.3, -0.25) is 0 Å². The van der Waals surface area contributed by atoms with E-state index in [0.717, 1.165) is 6.42 Å². The van der Waals surface area contributed by atoms with Crippen LogP contribution in [-0.4, -0.2) is 13.1 Å². The van der Waals surface area contributed by atoms with E-state index < -0.39 is 0 Å². The zero-order chi connectivity index (χ0) is 9.07. The molecule has 0 amide bonds. The Labute approximate surface area is 77.2 Å². The molecular formula is C11H23N. The van der Waals surface area contributed by atoms with Crippen LogP contribution in [0, 0.1) is 0 Å². The van der Waals surface area contributed by atoms with Gasteiger partial charge in [0.1, 0.15) is 0 Å². The molecule has 0 fully saturated rings. The highest BCUT2D eigenvalue weighted by molar-refractivity contribution is 4.65. The van der Waals surface area contributed by atoms with E-state index in [4.69, 9.17) is 0 Å². The molecule has 72 valence electrons. The molecule has 0 aromatic rings. The van der Waals surface area contributed by atoms with Crippen LogP contribution in [-0.2, 0) is 0 Å². The molecule has 0 rings (SSSR count). The van der Waals surface area contributed by atoms with Crippen LogP contribution in [0.2, 0.25) is 0 Å². The topological polar surface area (TPSA) is 12.0 Å². The lowest BCUT2D eigenvalue weighted by molar-refractivity contribution is 0.588. The zero-order valence-electron chi connectivity index (χ0n) is 8.44. The fraction of sp³-hybridized carbons (Fsp3) is 0.818. The third kappa shape index (κ3) is 9.70. The van der Waals surface area contributed by atoms with Gasteiger partial charge in [-0.15, -0.1) is 6.58 Å². The van der Waals surface area contributed by atoms with E-state index in [-0.39, 0.29) is 0 Å². The minimum Gasteiger partial charge on any atom is -0.317 e. The second kappa shape index (κ2) is 10.7. The second-order valence-corrected chi connectivity index (χ2v) is 3.24. The highest BCUT2D eigenvalue weighted by atomic mass is 14.8. The monoisotopic (exact) mass is 169 g/mol. The summed E-state index contributed by atoms with van der Waals surface area (Å²) in [6, 6.07) is 0. The van der Waals surface area contributed by atoms with Crippen molar-refractivity contribution in [1.82, 2.24) is 5.32 Å². The lowest BCUT2D eigenvalue weighted by Crippen LogP contribution is -2.16. The van der Waals surface area contributed by atoms with Crippen LogP contribution in [0.3, 0.4) is 0 Å². The SMILES string of the molecule is C=CCCCCNCCCCC. The zero-order valence-corrected chi connectivity index (χ0v) is 8.44. The molecule has 12 heavy (non-hydrogen) atoms. The predicted molar refractivity (Wildman–Crippen MR) is 56.4 cm³/mol. The number of hydrogen-bond donors (Lipinski definition) is 1. The quantitative estimate of drug-likeness (QED) is 0.413. The summed E-state index contributed by atoms with van der Waals surface area (Å²) in [6.07, 6.45) is 9.74. The Morgan fingerprint density at radius 2 is 1.75 bits per heavy atom. The largest absolute Gasteiger partial charge is 0.317 e. The van der Waals surface area contributed by atoms with Crippen molar-refractivity contribution in [3.63, 3.8) is 0 Å². The maximum atomic E-state index is 3.70. The first-order valence-corrected chi connectivity index (χ1v) is 5.23. The molecule has 0 heterocycles. The molecule has 0 atom stereocenters. The first-order chi connectivity index (χ1) is 5.91.